The molecule has 1 aromatic heterocycles. The van der Waals surface area contributed by atoms with Crippen LogP contribution >= 0.6 is 0 Å². The minimum absolute atomic E-state index is 0.135. The highest BCUT2D eigenvalue weighted by Crippen LogP contribution is 2.34. The summed E-state index contributed by atoms with van der Waals surface area (Å²) < 4.78 is 56.3. The van der Waals surface area contributed by atoms with Gasteiger partial charge in [-0.2, -0.15) is 0 Å². The molecule has 0 fully saturated rings. The molecule has 37 heavy (non-hydrogen) atoms. The van der Waals surface area contributed by atoms with E-state index < -0.39 is 23.3 Å². The van der Waals surface area contributed by atoms with E-state index in [-0.39, 0.29) is 25.3 Å². The number of carbonyl (C=O) groups is 1. The molecule has 0 radical (unpaired) electrons. The molecule has 0 spiro atoms. The zero-order chi connectivity index (χ0) is 26.1. The van der Waals surface area contributed by atoms with Crippen molar-refractivity contribution >= 4 is 17.4 Å². The minimum atomic E-state index is -0.973. The Hall–Kier alpha value is -4.14. The molecule has 1 aliphatic heterocycles. The van der Waals surface area contributed by atoms with Gasteiger partial charge < -0.3 is 14.8 Å². The molecule has 9 heteroatoms. The number of halogens is 4. The molecule has 1 N–H and O–H groups in total. The molecule has 0 saturated carbocycles. The second-order valence-electron chi connectivity index (χ2n) is 9.06. The van der Waals surface area contributed by atoms with Crippen molar-refractivity contribution < 1.29 is 22.4 Å². The van der Waals surface area contributed by atoms with Crippen LogP contribution in [0.1, 0.15) is 23.4 Å². The fraction of sp³-hybridized carbons (Fsp3) is 0.214. The summed E-state index contributed by atoms with van der Waals surface area (Å²) in [5, 5.41) is 3.36. The van der Waals surface area contributed by atoms with Gasteiger partial charge in [0.1, 0.15) is 17.3 Å². The van der Waals surface area contributed by atoms with Crippen molar-refractivity contribution in [2.45, 2.75) is 32.9 Å². The average molecular weight is 509 g/mol. The van der Waals surface area contributed by atoms with E-state index in [9.17, 15) is 22.4 Å². The normalized spacial score (nSPS) is 12.9. The quantitative estimate of drug-likeness (QED) is 0.319. The van der Waals surface area contributed by atoms with Gasteiger partial charge in [-0.25, -0.2) is 22.5 Å². The maximum atomic E-state index is 14.1. The molecule has 5 rings (SSSR count). The molecule has 0 bridgehead atoms. The van der Waals surface area contributed by atoms with Crippen LogP contribution < -0.4 is 5.32 Å². The van der Waals surface area contributed by atoms with Crippen molar-refractivity contribution in [1.29, 1.82) is 0 Å². The van der Waals surface area contributed by atoms with Crippen LogP contribution in [0.4, 0.5) is 29.1 Å². The molecular weight excluding hydrogens is 484 g/mol. The number of rotatable bonds is 6. The summed E-state index contributed by atoms with van der Waals surface area (Å²) in [6.45, 7) is 3.06. The van der Waals surface area contributed by atoms with Gasteiger partial charge in [-0.05, 0) is 61.4 Å². The van der Waals surface area contributed by atoms with Crippen molar-refractivity contribution in [3.05, 3.63) is 101 Å². The Kier molecular flexibility index (Phi) is 6.69. The molecular formula is C28H24F4N4O. The number of aryl methyl sites for hydroxylation is 2. The Morgan fingerprint density at radius 3 is 2.30 bits per heavy atom. The van der Waals surface area contributed by atoms with E-state index >= 15 is 0 Å². The molecule has 4 aromatic rings. The third kappa shape index (κ3) is 5.21. The van der Waals surface area contributed by atoms with E-state index in [0.717, 1.165) is 35.5 Å². The zero-order valence-electron chi connectivity index (χ0n) is 20.1. The van der Waals surface area contributed by atoms with Crippen LogP contribution in [0.15, 0.2) is 60.7 Å². The summed E-state index contributed by atoms with van der Waals surface area (Å²) in [6.07, 6.45) is 0.414. The number of nitrogens with one attached hydrogen (secondary N) is 1. The maximum Gasteiger partial charge on any atom is 0.223 e. The number of imidazole rings is 1. The molecule has 0 unspecified atom stereocenters. The van der Waals surface area contributed by atoms with E-state index in [1.54, 1.807) is 4.90 Å². The number of carbonyl (C=O) groups excluding carboxylic acids is 1. The minimum Gasteiger partial charge on any atom is -0.340 e. The Morgan fingerprint density at radius 2 is 1.59 bits per heavy atom. The van der Waals surface area contributed by atoms with E-state index in [0.29, 0.717) is 41.6 Å². The van der Waals surface area contributed by atoms with Crippen LogP contribution in [0.2, 0.25) is 0 Å². The lowest BCUT2D eigenvalue weighted by molar-refractivity contribution is -0.132. The Labute approximate surface area is 211 Å². The zero-order valence-corrected chi connectivity index (χ0v) is 20.1. The fourth-order valence-electron chi connectivity index (χ4n) is 4.39. The highest BCUT2D eigenvalue weighted by Gasteiger charge is 2.27. The summed E-state index contributed by atoms with van der Waals surface area (Å²) in [5.41, 5.74) is 3.30. The van der Waals surface area contributed by atoms with Crippen LogP contribution in [0.5, 0.6) is 0 Å². The molecule has 0 aliphatic carbocycles. The van der Waals surface area contributed by atoms with Crippen molar-refractivity contribution in [1.82, 2.24) is 14.5 Å². The van der Waals surface area contributed by atoms with Crippen molar-refractivity contribution in [2.75, 3.05) is 11.9 Å². The van der Waals surface area contributed by atoms with Crippen molar-refractivity contribution in [3.8, 4) is 11.3 Å². The fourth-order valence-corrected chi connectivity index (χ4v) is 4.39. The second kappa shape index (κ2) is 10.1. The highest BCUT2D eigenvalue weighted by molar-refractivity contribution is 5.78. The van der Waals surface area contributed by atoms with Gasteiger partial charge in [0.2, 0.25) is 5.91 Å². The van der Waals surface area contributed by atoms with Gasteiger partial charge in [0.15, 0.2) is 23.3 Å². The Bertz CT molecular complexity index is 1470. The highest BCUT2D eigenvalue weighted by atomic mass is 19.2. The third-order valence-electron chi connectivity index (χ3n) is 6.44. The first-order chi connectivity index (χ1) is 17.8. The molecule has 2 heterocycles. The first-order valence-corrected chi connectivity index (χ1v) is 11.9. The largest absolute Gasteiger partial charge is 0.340 e. The van der Waals surface area contributed by atoms with Crippen molar-refractivity contribution in [3.63, 3.8) is 0 Å². The summed E-state index contributed by atoms with van der Waals surface area (Å²) in [7, 11) is 0. The molecule has 5 nitrogen and oxygen atoms in total. The van der Waals surface area contributed by atoms with Crippen molar-refractivity contribution in [2.24, 2.45) is 0 Å². The first-order valence-electron chi connectivity index (χ1n) is 11.9. The van der Waals surface area contributed by atoms with Crippen LogP contribution in [-0.4, -0.2) is 26.9 Å². The maximum absolute atomic E-state index is 14.1. The summed E-state index contributed by atoms with van der Waals surface area (Å²) in [4.78, 5) is 19.3. The van der Waals surface area contributed by atoms with E-state index in [4.69, 9.17) is 4.98 Å². The molecule has 3 aromatic carbocycles. The predicted molar refractivity (Wildman–Crippen MR) is 132 cm³/mol. The standard InChI is InChI=1S/C28H24F4N4O/c1-17-2-7-20(8-3-17)33-28-27(19-6-10-22(30)24(32)15-19)34-25-16-35(12-13-36(25)28)26(37)11-5-18-4-9-21(29)23(31)14-18/h2-4,6-10,14-15,33H,5,11-13,16H2,1H3. The summed E-state index contributed by atoms with van der Waals surface area (Å²) >= 11 is 0. The van der Waals surface area contributed by atoms with E-state index in [1.807, 2.05) is 35.8 Å². The third-order valence-corrected chi connectivity index (χ3v) is 6.44. The number of aromatic nitrogens is 2. The van der Waals surface area contributed by atoms with Crippen LogP contribution in [-0.2, 0) is 24.3 Å². The number of hydrogen-bond donors (Lipinski definition) is 1. The van der Waals surface area contributed by atoms with E-state index in [2.05, 4.69) is 5.32 Å². The smallest absolute Gasteiger partial charge is 0.223 e. The lowest BCUT2D eigenvalue weighted by atomic mass is 10.1. The molecule has 0 atom stereocenters. The molecule has 1 aliphatic rings. The van der Waals surface area contributed by atoms with Gasteiger partial charge in [-0.15, -0.1) is 0 Å². The number of hydrogen-bond acceptors (Lipinski definition) is 3. The topological polar surface area (TPSA) is 50.2 Å². The lowest BCUT2D eigenvalue weighted by Crippen LogP contribution is -2.38. The van der Waals surface area contributed by atoms with Crippen LogP contribution in [0, 0.1) is 30.2 Å². The molecule has 1 amide bonds. The number of benzene rings is 3. The number of anilines is 2. The molecule has 0 saturated heterocycles. The predicted octanol–water partition coefficient (Wildman–Crippen LogP) is 6.13. The number of nitrogens with zero attached hydrogens (tertiary/aromatic N) is 3. The van der Waals surface area contributed by atoms with Gasteiger partial charge in [0.05, 0.1) is 6.54 Å². The van der Waals surface area contributed by atoms with Gasteiger partial charge in [0.25, 0.3) is 0 Å². The SMILES string of the molecule is Cc1ccc(Nc2c(-c3ccc(F)c(F)c3)nc3n2CCN(C(=O)CCc2ccc(F)c(F)c2)C3)cc1. The van der Waals surface area contributed by atoms with Crippen LogP contribution in [0.3, 0.4) is 0 Å². The van der Waals surface area contributed by atoms with Gasteiger partial charge >= 0.3 is 0 Å². The first kappa shape index (κ1) is 24.5. The van der Waals surface area contributed by atoms with Gasteiger partial charge in [-0.3, -0.25) is 4.79 Å². The average Bonchev–Trinajstić information content (AvgIpc) is 3.25. The van der Waals surface area contributed by atoms with Gasteiger partial charge in [-0.1, -0.05) is 23.8 Å². The van der Waals surface area contributed by atoms with E-state index in [1.165, 1.54) is 12.1 Å². The monoisotopic (exact) mass is 508 g/mol. The van der Waals surface area contributed by atoms with Crippen LogP contribution in [0.25, 0.3) is 11.3 Å². The number of amides is 1. The number of fused-ring (bicyclic) bond motifs is 1. The summed E-state index contributed by atoms with van der Waals surface area (Å²) in [6, 6.07) is 15.0. The Morgan fingerprint density at radius 1 is 0.892 bits per heavy atom. The second-order valence-corrected chi connectivity index (χ2v) is 9.06. The Balaban J connectivity index is 1.40. The van der Waals surface area contributed by atoms with Gasteiger partial charge in [0, 0.05) is 30.8 Å². The molecule has 190 valence electrons. The lowest BCUT2D eigenvalue weighted by Gasteiger charge is -2.28. The summed E-state index contributed by atoms with van der Waals surface area (Å²) in [5.74, 6) is -2.70.